The van der Waals surface area contributed by atoms with E-state index < -0.39 is 28.7 Å². The van der Waals surface area contributed by atoms with E-state index in [2.05, 4.69) is 25.7 Å². The highest BCUT2D eigenvalue weighted by Crippen LogP contribution is 2.41. The van der Waals surface area contributed by atoms with Gasteiger partial charge in [-0.15, -0.1) is 11.3 Å². The van der Waals surface area contributed by atoms with Crippen LogP contribution in [0.5, 0.6) is 0 Å². The molecule has 0 amide bonds. The van der Waals surface area contributed by atoms with E-state index in [-0.39, 0.29) is 15.7 Å². The molecule has 2 unspecified atom stereocenters. The highest BCUT2D eigenvalue weighted by Gasteiger charge is 2.42. The number of aromatic amines is 1. The van der Waals surface area contributed by atoms with Crippen LogP contribution in [0.1, 0.15) is 41.8 Å². The minimum absolute atomic E-state index is 0.0251. The van der Waals surface area contributed by atoms with Crippen LogP contribution >= 0.6 is 11.3 Å². The highest BCUT2D eigenvalue weighted by atomic mass is 32.2. The van der Waals surface area contributed by atoms with Crippen molar-refractivity contribution in [1.29, 1.82) is 5.26 Å². The fraction of sp³-hybridized carbons (Fsp3) is 0.444. The minimum Gasteiger partial charge on any atom is -0.354 e. The van der Waals surface area contributed by atoms with Crippen LogP contribution in [0.4, 0.5) is 19.0 Å². The second-order valence-electron chi connectivity index (χ2n) is 10.7. The maximum absolute atomic E-state index is 13.7. The summed E-state index contributed by atoms with van der Waals surface area (Å²) in [5, 5.41) is 10.5. The number of thiophene rings is 1. The van der Waals surface area contributed by atoms with Crippen molar-refractivity contribution in [2.45, 2.75) is 56.1 Å². The van der Waals surface area contributed by atoms with Crippen molar-refractivity contribution < 1.29 is 21.6 Å². The van der Waals surface area contributed by atoms with Gasteiger partial charge in [0.15, 0.2) is 0 Å². The first kappa shape index (κ1) is 27.0. The van der Waals surface area contributed by atoms with Gasteiger partial charge in [0.2, 0.25) is 10.0 Å². The SMILES string of the molecule is Cc1c(S(=O)(=O)NC2CN(c3ncnc4sc(CC(F)(F)F)cc34)CC2C2CCCC2)ccc2[nH]c(C#N)cc12. The fourth-order valence-corrected chi connectivity index (χ4v) is 8.92. The van der Waals surface area contributed by atoms with Gasteiger partial charge in [0.25, 0.3) is 0 Å². The molecule has 13 heteroatoms. The molecule has 1 aliphatic heterocycles. The Labute approximate surface area is 233 Å². The van der Waals surface area contributed by atoms with Crippen LogP contribution in [0.2, 0.25) is 0 Å². The van der Waals surface area contributed by atoms with Gasteiger partial charge >= 0.3 is 6.18 Å². The van der Waals surface area contributed by atoms with Crippen LogP contribution in [0.25, 0.3) is 21.1 Å². The van der Waals surface area contributed by atoms with Crippen LogP contribution in [-0.2, 0) is 16.4 Å². The van der Waals surface area contributed by atoms with Crippen molar-refractivity contribution in [3.05, 3.63) is 46.7 Å². The van der Waals surface area contributed by atoms with Crippen LogP contribution in [-0.4, -0.2) is 48.7 Å². The Kier molecular flexibility index (Phi) is 6.75. The molecule has 4 heterocycles. The van der Waals surface area contributed by atoms with Gasteiger partial charge in [0, 0.05) is 34.9 Å². The van der Waals surface area contributed by atoms with E-state index in [9.17, 15) is 26.9 Å². The molecule has 2 fully saturated rings. The average Bonchev–Trinajstić information content (AvgIpc) is 3.67. The molecule has 210 valence electrons. The third-order valence-electron chi connectivity index (χ3n) is 8.14. The third kappa shape index (κ3) is 5.04. The molecule has 6 rings (SSSR count). The van der Waals surface area contributed by atoms with Crippen LogP contribution in [0.15, 0.2) is 35.5 Å². The number of benzene rings is 1. The lowest BCUT2D eigenvalue weighted by atomic mass is 9.87. The summed E-state index contributed by atoms with van der Waals surface area (Å²) in [5.74, 6) is 0.898. The number of aromatic nitrogens is 3. The van der Waals surface area contributed by atoms with Gasteiger partial charge in [0.1, 0.15) is 28.7 Å². The maximum atomic E-state index is 13.7. The standard InChI is InChI=1S/C27H27F3N6O2S2/c1-15-19-8-17(11-31)34-22(19)6-7-24(15)40(37,38)35-23-13-36(12-21(23)16-4-2-3-5-16)25-20-9-18(10-27(28,29)30)39-26(20)33-14-32-25/h6-9,14,16,21,23,34-35H,2-5,10,12-13H2,1H3. The summed E-state index contributed by atoms with van der Waals surface area (Å²) in [4.78, 5) is 14.4. The third-order valence-corrected chi connectivity index (χ3v) is 10.8. The smallest absolute Gasteiger partial charge is 0.354 e. The largest absolute Gasteiger partial charge is 0.393 e. The Bertz CT molecular complexity index is 1730. The monoisotopic (exact) mass is 588 g/mol. The molecule has 2 aliphatic rings. The number of rotatable bonds is 6. The normalized spacial score (nSPS) is 20.6. The first-order valence-corrected chi connectivity index (χ1v) is 15.4. The van der Waals surface area contributed by atoms with Gasteiger partial charge in [-0.05, 0) is 48.6 Å². The Morgan fingerprint density at radius 1 is 1.18 bits per heavy atom. The summed E-state index contributed by atoms with van der Waals surface area (Å²) in [6.07, 6.45) is 0.212. The van der Waals surface area contributed by atoms with E-state index >= 15 is 0 Å². The molecule has 1 aliphatic carbocycles. The van der Waals surface area contributed by atoms with E-state index in [1.54, 1.807) is 25.1 Å². The molecule has 8 nitrogen and oxygen atoms in total. The quantitative estimate of drug-likeness (QED) is 0.310. The first-order chi connectivity index (χ1) is 19.0. The molecular formula is C27H27F3N6O2S2. The first-order valence-electron chi connectivity index (χ1n) is 13.1. The lowest BCUT2D eigenvalue weighted by molar-refractivity contribution is -0.126. The van der Waals surface area contributed by atoms with Crippen LogP contribution in [0, 0.1) is 30.1 Å². The summed E-state index contributed by atoms with van der Waals surface area (Å²) in [5.41, 5.74) is 1.61. The molecule has 3 aromatic heterocycles. The lowest BCUT2D eigenvalue weighted by Crippen LogP contribution is -2.42. The Morgan fingerprint density at radius 2 is 1.95 bits per heavy atom. The maximum Gasteiger partial charge on any atom is 0.393 e. The molecule has 2 atom stereocenters. The zero-order valence-electron chi connectivity index (χ0n) is 21.6. The number of alkyl halides is 3. The van der Waals surface area contributed by atoms with Gasteiger partial charge in [-0.1, -0.05) is 25.7 Å². The second-order valence-corrected chi connectivity index (χ2v) is 13.5. The number of hydrogen-bond acceptors (Lipinski definition) is 7. The van der Waals surface area contributed by atoms with Crippen molar-refractivity contribution in [3.63, 3.8) is 0 Å². The molecule has 2 N–H and O–H groups in total. The molecule has 4 aromatic rings. The zero-order chi connectivity index (χ0) is 28.2. The van der Waals surface area contributed by atoms with Gasteiger partial charge in [-0.2, -0.15) is 18.4 Å². The van der Waals surface area contributed by atoms with Crippen molar-refractivity contribution in [2.24, 2.45) is 11.8 Å². The molecule has 1 saturated carbocycles. The summed E-state index contributed by atoms with van der Waals surface area (Å²) < 4.78 is 69.6. The fourth-order valence-electron chi connectivity index (χ4n) is 6.36. The van der Waals surface area contributed by atoms with E-state index in [1.807, 2.05) is 4.90 Å². The van der Waals surface area contributed by atoms with Crippen molar-refractivity contribution in [2.75, 3.05) is 18.0 Å². The predicted molar refractivity (Wildman–Crippen MR) is 147 cm³/mol. The van der Waals surface area contributed by atoms with Crippen LogP contribution in [0.3, 0.4) is 0 Å². The number of nitrogens with zero attached hydrogens (tertiary/aromatic N) is 4. The van der Waals surface area contributed by atoms with E-state index in [4.69, 9.17) is 0 Å². The lowest BCUT2D eigenvalue weighted by Gasteiger charge is -2.25. The Balaban J connectivity index is 1.32. The summed E-state index contributed by atoms with van der Waals surface area (Å²) >= 11 is 1.01. The summed E-state index contributed by atoms with van der Waals surface area (Å²) in [6, 6.07) is 8.03. The number of fused-ring (bicyclic) bond motifs is 2. The number of H-pyrrole nitrogens is 1. The molecule has 40 heavy (non-hydrogen) atoms. The topological polar surface area (TPSA) is 115 Å². The van der Waals surface area contributed by atoms with Gasteiger partial charge < -0.3 is 9.88 Å². The minimum atomic E-state index is -4.32. The summed E-state index contributed by atoms with van der Waals surface area (Å²) in [7, 11) is -3.92. The van der Waals surface area contributed by atoms with Gasteiger partial charge in [-0.3, -0.25) is 0 Å². The van der Waals surface area contributed by atoms with Crippen molar-refractivity contribution in [1.82, 2.24) is 19.7 Å². The van der Waals surface area contributed by atoms with Crippen molar-refractivity contribution in [3.8, 4) is 6.07 Å². The molecule has 0 radical (unpaired) electrons. The highest BCUT2D eigenvalue weighted by molar-refractivity contribution is 7.89. The molecule has 1 saturated heterocycles. The number of hydrogen-bond donors (Lipinski definition) is 2. The van der Waals surface area contributed by atoms with Crippen molar-refractivity contribution >= 4 is 48.3 Å². The number of anilines is 1. The number of halogens is 3. The Morgan fingerprint density at radius 3 is 2.67 bits per heavy atom. The Hall–Kier alpha value is -3.21. The number of aryl methyl sites for hydroxylation is 1. The van der Waals surface area contributed by atoms with Gasteiger partial charge in [0.05, 0.1) is 16.7 Å². The molecule has 0 spiro atoms. The second kappa shape index (κ2) is 10.0. The van der Waals surface area contributed by atoms with E-state index in [1.165, 1.54) is 12.4 Å². The molecule has 0 bridgehead atoms. The number of nitriles is 1. The van der Waals surface area contributed by atoms with E-state index in [0.717, 1.165) is 37.0 Å². The predicted octanol–water partition coefficient (Wildman–Crippen LogP) is 5.43. The summed E-state index contributed by atoms with van der Waals surface area (Å²) in [6.45, 7) is 2.63. The van der Waals surface area contributed by atoms with Crippen LogP contribution < -0.4 is 9.62 Å². The average molecular weight is 589 g/mol. The van der Waals surface area contributed by atoms with E-state index in [0.29, 0.717) is 57.2 Å². The molecular weight excluding hydrogens is 561 g/mol. The molecule has 1 aromatic carbocycles. The zero-order valence-corrected chi connectivity index (χ0v) is 23.3. The van der Waals surface area contributed by atoms with Gasteiger partial charge in [-0.25, -0.2) is 23.1 Å². The number of nitrogens with one attached hydrogen (secondary N) is 2. The number of sulfonamides is 1.